The first-order chi connectivity index (χ1) is 18.9. The molecule has 8 nitrogen and oxygen atoms in total. The van der Waals surface area contributed by atoms with Gasteiger partial charge in [0.05, 0.1) is 21.7 Å². The molecule has 0 aliphatic carbocycles. The number of benzene rings is 2. The number of methoxy groups -OCH3 is 1. The van der Waals surface area contributed by atoms with Crippen LogP contribution in [0.3, 0.4) is 0 Å². The third-order valence-corrected chi connectivity index (χ3v) is 4.82. The van der Waals surface area contributed by atoms with E-state index >= 15 is 4.39 Å². The molecule has 1 aromatic heterocycles. The second-order valence-corrected chi connectivity index (χ2v) is 7.37. The van der Waals surface area contributed by atoms with E-state index in [9.17, 15) is 35.9 Å². The molecule has 0 atom stereocenters. The minimum absolute atomic E-state index is 0.233. The molecule has 16 heteroatoms. The van der Waals surface area contributed by atoms with Crippen LogP contribution in [0.1, 0.15) is 36.9 Å². The van der Waals surface area contributed by atoms with Crippen molar-refractivity contribution in [2.24, 2.45) is 5.73 Å². The van der Waals surface area contributed by atoms with Crippen molar-refractivity contribution in [3.05, 3.63) is 70.0 Å². The molecule has 1 heterocycles. The number of carbonyl (C=O) groups excluding carboxylic acids is 2. The quantitative estimate of drug-likeness (QED) is 0.321. The number of amides is 2. The van der Waals surface area contributed by atoms with E-state index < -0.39 is 82.4 Å². The first kappa shape index (κ1) is 24.1. The van der Waals surface area contributed by atoms with E-state index in [4.69, 9.17) is 26.2 Å². The Morgan fingerprint density at radius 2 is 1.79 bits per heavy atom. The standard InChI is InChI=1S/C22H13ClF7N3O5/c1-36-18-12(3-2-11(16(18)24)38-22(28,29)30)37-13-7-9(23)14(19(26)27)17(25)15(13)21(35)33-8-4-5-32-10(6-8)20(31)34/h2-7,19H,1H3,(H2,31,34)(H,32,33,35)/i1D3. The predicted molar refractivity (Wildman–Crippen MR) is 117 cm³/mol. The number of hydrogen-bond donors (Lipinski definition) is 2. The number of anilines is 1. The third-order valence-electron chi connectivity index (χ3n) is 4.51. The van der Waals surface area contributed by atoms with E-state index in [1.54, 1.807) is 0 Å². The summed E-state index contributed by atoms with van der Waals surface area (Å²) in [7, 11) is -3.49. The number of aromatic nitrogens is 1. The molecule has 3 rings (SSSR count). The van der Waals surface area contributed by atoms with Gasteiger partial charge in [-0.2, -0.15) is 4.39 Å². The highest BCUT2D eigenvalue weighted by Gasteiger charge is 2.34. The lowest BCUT2D eigenvalue weighted by molar-refractivity contribution is -0.275. The maximum Gasteiger partial charge on any atom is 0.573 e. The summed E-state index contributed by atoms with van der Waals surface area (Å²) in [5.41, 5.74) is 1.75. The maximum atomic E-state index is 15.3. The van der Waals surface area contributed by atoms with Crippen molar-refractivity contribution in [1.29, 1.82) is 0 Å². The van der Waals surface area contributed by atoms with Gasteiger partial charge in [0.1, 0.15) is 22.8 Å². The molecule has 0 radical (unpaired) electrons. The molecular weight excluding hydrogens is 555 g/mol. The predicted octanol–water partition coefficient (Wildman–Crippen LogP) is 6.00. The lowest BCUT2D eigenvalue weighted by atomic mass is 10.1. The molecule has 0 aliphatic rings. The van der Waals surface area contributed by atoms with Crippen LogP contribution < -0.4 is 25.3 Å². The lowest BCUT2D eigenvalue weighted by Crippen LogP contribution is -2.19. The zero-order valence-electron chi connectivity index (χ0n) is 21.1. The summed E-state index contributed by atoms with van der Waals surface area (Å²) in [6, 6.07) is 3.36. The van der Waals surface area contributed by atoms with Crippen molar-refractivity contribution < 1.29 is 58.6 Å². The van der Waals surface area contributed by atoms with Crippen LogP contribution in [0.15, 0.2) is 36.5 Å². The van der Waals surface area contributed by atoms with Crippen LogP contribution >= 0.6 is 11.6 Å². The van der Waals surface area contributed by atoms with Gasteiger partial charge in [0, 0.05) is 18.0 Å². The molecule has 0 fully saturated rings. The van der Waals surface area contributed by atoms with Gasteiger partial charge in [0.25, 0.3) is 18.2 Å². The first-order valence-corrected chi connectivity index (χ1v) is 10.1. The summed E-state index contributed by atoms with van der Waals surface area (Å²) in [6.45, 7) is 0. The second-order valence-electron chi connectivity index (χ2n) is 6.96. The van der Waals surface area contributed by atoms with Crippen LogP contribution in [0.2, 0.25) is 5.02 Å². The largest absolute Gasteiger partial charge is 0.573 e. The Labute approximate surface area is 217 Å². The van der Waals surface area contributed by atoms with Crippen molar-refractivity contribution >= 4 is 29.1 Å². The minimum atomic E-state index is -5.42. The van der Waals surface area contributed by atoms with Gasteiger partial charge >= 0.3 is 6.36 Å². The smallest absolute Gasteiger partial charge is 0.490 e. The SMILES string of the molecule is [2H]C([2H])([2H])Oc1c(Oc2cc(Cl)c(C(F)F)c(F)c2C(=O)Nc2ccnc(C(N)=O)c2)ccc(OC(F)(F)F)c1F. The number of alkyl halides is 5. The highest BCUT2D eigenvalue weighted by molar-refractivity contribution is 6.31. The average molecular weight is 571 g/mol. The number of hydrogen-bond acceptors (Lipinski definition) is 6. The van der Waals surface area contributed by atoms with Gasteiger partial charge in [-0.3, -0.25) is 14.6 Å². The van der Waals surface area contributed by atoms with Gasteiger partial charge in [0.2, 0.25) is 11.6 Å². The lowest BCUT2D eigenvalue weighted by Gasteiger charge is -2.18. The number of carbonyl (C=O) groups is 2. The number of halogens is 8. The molecule has 3 N–H and O–H groups in total. The van der Waals surface area contributed by atoms with Crippen molar-refractivity contribution in [3.63, 3.8) is 0 Å². The number of ether oxygens (including phenoxy) is 3. The minimum Gasteiger partial charge on any atom is -0.490 e. The second kappa shape index (κ2) is 11.0. The Hall–Kier alpha value is -4.27. The Morgan fingerprint density at radius 3 is 2.39 bits per heavy atom. The summed E-state index contributed by atoms with van der Waals surface area (Å²) in [5, 5.41) is 1.07. The molecule has 38 heavy (non-hydrogen) atoms. The fraction of sp³-hybridized carbons (Fsp3) is 0.136. The number of nitrogens with one attached hydrogen (secondary N) is 1. The molecule has 0 unspecified atom stereocenters. The third kappa shape index (κ3) is 6.16. The van der Waals surface area contributed by atoms with Gasteiger partial charge in [-0.1, -0.05) is 11.6 Å². The van der Waals surface area contributed by atoms with Crippen LogP contribution in [0, 0.1) is 11.6 Å². The average Bonchev–Trinajstić information content (AvgIpc) is 2.81. The van der Waals surface area contributed by atoms with Crippen LogP contribution in [-0.4, -0.2) is 30.2 Å². The Balaban J connectivity index is 2.17. The molecular formula is C22H13ClF7N3O5. The van der Waals surface area contributed by atoms with Gasteiger partial charge in [-0.05, 0) is 24.3 Å². The number of pyridine rings is 1. The van der Waals surface area contributed by atoms with Crippen LogP contribution in [-0.2, 0) is 0 Å². The summed E-state index contributed by atoms with van der Waals surface area (Å²) < 4.78 is 130. The number of primary amides is 1. The summed E-state index contributed by atoms with van der Waals surface area (Å²) >= 11 is 5.73. The fourth-order valence-electron chi connectivity index (χ4n) is 2.96. The van der Waals surface area contributed by atoms with E-state index in [-0.39, 0.29) is 11.4 Å². The van der Waals surface area contributed by atoms with E-state index in [0.717, 1.165) is 18.3 Å². The Morgan fingerprint density at radius 1 is 1.11 bits per heavy atom. The van der Waals surface area contributed by atoms with Crippen LogP contribution in [0.4, 0.5) is 36.4 Å². The highest BCUT2D eigenvalue weighted by Crippen LogP contribution is 2.43. The van der Waals surface area contributed by atoms with E-state index in [1.165, 1.54) is 0 Å². The molecule has 202 valence electrons. The zero-order chi connectivity index (χ0) is 30.9. The summed E-state index contributed by atoms with van der Waals surface area (Å²) in [4.78, 5) is 28.0. The summed E-state index contributed by atoms with van der Waals surface area (Å²) in [5.74, 6) is -11.6. The number of nitrogens with two attached hydrogens (primary N) is 1. The molecule has 0 aliphatic heterocycles. The Bertz CT molecular complexity index is 1510. The Kier molecular flexibility index (Phi) is 6.97. The maximum absolute atomic E-state index is 15.3. The monoisotopic (exact) mass is 570 g/mol. The van der Waals surface area contributed by atoms with Gasteiger partial charge < -0.3 is 25.3 Å². The highest BCUT2D eigenvalue weighted by atomic mass is 35.5. The van der Waals surface area contributed by atoms with Gasteiger partial charge in [-0.15, -0.1) is 13.2 Å². The van der Waals surface area contributed by atoms with Crippen molar-refractivity contribution in [2.45, 2.75) is 12.8 Å². The summed E-state index contributed by atoms with van der Waals surface area (Å²) in [6.07, 6.45) is -7.98. The van der Waals surface area contributed by atoms with Crippen molar-refractivity contribution in [3.8, 4) is 23.0 Å². The molecule has 0 saturated carbocycles. The molecule has 2 amide bonds. The fourth-order valence-corrected chi connectivity index (χ4v) is 3.22. The zero-order valence-corrected chi connectivity index (χ0v) is 18.9. The normalized spacial score (nSPS) is 12.8. The molecule has 0 saturated heterocycles. The van der Waals surface area contributed by atoms with E-state index in [1.807, 2.05) is 0 Å². The molecule has 2 aromatic carbocycles. The number of nitrogens with zero attached hydrogens (tertiary/aromatic N) is 1. The van der Waals surface area contributed by atoms with E-state index in [0.29, 0.717) is 18.2 Å². The topological polar surface area (TPSA) is 113 Å². The number of rotatable bonds is 8. The van der Waals surface area contributed by atoms with E-state index in [2.05, 4.69) is 19.8 Å². The molecule has 0 bridgehead atoms. The van der Waals surface area contributed by atoms with Crippen molar-refractivity contribution in [2.75, 3.05) is 12.4 Å². The van der Waals surface area contributed by atoms with Crippen molar-refractivity contribution in [1.82, 2.24) is 4.98 Å². The molecule has 3 aromatic rings. The molecule has 0 spiro atoms. The van der Waals surface area contributed by atoms with Crippen LogP contribution in [0.5, 0.6) is 23.0 Å². The van der Waals surface area contributed by atoms with Gasteiger partial charge in [-0.25, -0.2) is 13.2 Å². The first-order valence-electron chi connectivity index (χ1n) is 11.2. The van der Waals surface area contributed by atoms with Crippen LogP contribution in [0.25, 0.3) is 0 Å². The van der Waals surface area contributed by atoms with Gasteiger partial charge in [0.15, 0.2) is 11.5 Å².